The van der Waals surface area contributed by atoms with Gasteiger partial charge in [-0.3, -0.25) is 0 Å². The summed E-state index contributed by atoms with van der Waals surface area (Å²) >= 11 is 0. The number of unbranched alkanes of at least 4 members (excludes halogenated alkanes) is 1. The molecule has 6 heteroatoms. The molecule has 1 aromatic heterocycles. The van der Waals surface area contributed by atoms with Crippen molar-refractivity contribution in [2.45, 2.75) is 56.9 Å². The Morgan fingerprint density at radius 1 is 1.19 bits per heavy atom. The molecule has 1 atom stereocenters. The zero-order chi connectivity index (χ0) is 15.9. The van der Waals surface area contributed by atoms with Crippen LogP contribution in [0.25, 0.3) is 0 Å². The van der Waals surface area contributed by atoms with Crippen molar-refractivity contribution in [2.24, 2.45) is 0 Å². The van der Waals surface area contributed by atoms with Crippen LogP contribution in [0.1, 0.15) is 46.0 Å². The highest BCUT2D eigenvalue weighted by molar-refractivity contribution is 7.89. The Balaban J connectivity index is 2.77. The van der Waals surface area contributed by atoms with Crippen LogP contribution in [0.3, 0.4) is 0 Å². The first-order valence-electron chi connectivity index (χ1n) is 7.57. The van der Waals surface area contributed by atoms with E-state index in [0.29, 0.717) is 6.04 Å². The fourth-order valence-corrected chi connectivity index (χ4v) is 2.97. The first-order valence-corrected chi connectivity index (χ1v) is 9.01. The van der Waals surface area contributed by atoms with E-state index in [4.69, 9.17) is 0 Å². The summed E-state index contributed by atoms with van der Waals surface area (Å²) in [6.07, 6.45) is 7.11. The van der Waals surface area contributed by atoms with E-state index in [1.807, 2.05) is 0 Å². The Hall–Kier alpha value is -1.14. The number of nitrogens with zero attached hydrogens (tertiary/aromatic N) is 2. The molecule has 0 fully saturated rings. The number of hydrogen-bond acceptors (Lipinski definition) is 4. The number of rotatable bonds is 9. The van der Waals surface area contributed by atoms with Crippen molar-refractivity contribution < 1.29 is 8.42 Å². The Morgan fingerprint density at radius 3 is 2.38 bits per heavy atom. The minimum atomic E-state index is -3.40. The third-order valence-corrected chi connectivity index (χ3v) is 5.21. The van der Waals surface area contributed by atoms with Crippen LogP contribution in [0.2, 0.25) is 0 Å². The molecule has 5 nitrogen and oxygen atoms in total. The van der Waals surface area contributed by atoms with Crippen molar-refractivity contribution in [3.63, 3.8) is 0 Å². The standard InChI is InChI=1S/C15H27N3O2S/c1-5-7-9-13(8-6-2)17-15-11-10-14(12-16-15)21(19,20)18(3)4/h10-13H,5-9H2,1-4H3,(H,16,17). The van der Waals surface area contributed by atoms with Gasteiger partial charge in [0.1, 0.15) is 10.7 Å². The molecule has 0 bridgehead atoms. The van der Waals surface area contributed by atoms with E-state index >= 15 is 0 Å². The van der Waals surface area contributed by atoms with E-state index in [-0.39, 0.29) is 4.90 Å². The van der Waals surface area contributed by atoms with Crippen molar-refractivity contribution in [3.8, 4) is 0 Å². The number of aromatic nitrogens is 1. The molecule has 0 amide bonds. The molecule has 1 aromatic rings. The summed E-state index contributed by atoms with van der Waals surface area (Å²) in [6, 6.07) is 3.75. The minimum Gasteiger partial charge on any atom is -0.367 e. The molecule has 1 N–H and O–H groups in total. The number of hydrogen-bond donors (Lipinski definition) is 1. The van der Waals surface area contributed by atoms with Crippen molar-refractivity contribution >= 4 is 15.8 Å². The Bertz CT molecular complexity index is 512. The van der Waals surface area contributed by atoms with Crippen LogP contribution in [0.15, 0.2) is 23.2 Å². The lowest BCUT2D eigenvalue weighted by Crippen LogP contribution is -2.23. The highest BCUT2D eigenvalue weighted by atomic mass is 32.2. The molecule has 0 radical (unpaired) electrons. The van der Waals surface area contributed by atoms with Crippen LogP contribution in [0.5, 0.6) is 0 Å². The molecule has 0 aliphatic rings. The van der Waals surface area contributed by atoms with Gasteiger partial charge in [-0.2, -0.15) is 0 Å². The van der Waals surface area contributed by atoms with Gasteiger partial charge in [-0.15, -0.1) is 0 Å². The van der Waals surface area contributed by atoms with Gasteiger partial charge >= 0.3 is 0 Å². The fraction of sp³-hybridized carbons (Fsp3) is 0.667. The van der Waals surface area contributed by atoms with Gasteiger partial charge in [0.25, 0.3) is 0 Å². The highest BCUT2D eigenvalue weighted by Gasteiger charge is 2.17. The van der Waals surface area contributed by atoms with Crippen molar-refractivity contribution in [1.82, 2.24) is 9.29 Å². The first-order chi connectivity index (χ1) is 9.91. The number of anilines is 1. The van der Waals surface area contributed by atoms with Crippen LogP contribution in [-0.2, 0) is 10.0 Å². The lowest BCUT2D eigenvalue weighted by atomic mass is 10.1. The lowest BCUT2D eigenvalue weighted by molar-refractivity contribution is 0.520. The summed E-state index contributed by atoms with van der Waals surface area (Å²) in [4.78, 5) is 4.46. The molecule has 0 saturated heterocycles. The summed E-state index contributed by atoms with van der Waals surface area (Å²) in [7, 11) is -0.369. The van der Waals surface area contributed by atoms with Crippen LogP contribution in [0, 0.1) is 0 Å². The first kappa shape index (κ1) is 17.9. The summed E-state index contributed by atoms with van der Waals surface area (Å²) in [5, 5.41) is 3.40. The van der Waals surface area contributed by atoms with Gasteiger partial charge in [0.15, 0.2) is 0 Å². The van der Waals surface area contributed by atoms with Crippen LogP contribution in [0.4, 0.5) is 5.82 Å². The Kier molecular flexibility index (Phi) is 7.11. The second kappa shape index (κ2) is 8.34. The monoisotopic (exact) mass is 313 g/mol. The number of sulfonamides is 1. The normalized spacial score (nSPS) is 13.4. The molecule has 120 valence electrons. The summed E-state index contributed by atoms with van der Waals surface area (Å²) in [6.45, 7) is 4.35. The van der Waals surface area contributed by atoms with E-state index < -0.39 is 10.0 Å². The fourth-order valence-electron chi connectivity index (χ4n) is 2.13. The van der Waals surface area contributed by atoms with Gasteiger partial charge in [-0.25, -0.2) is 17.7 Å². The topological polar surface area (TPSA) is 62.3 Å². The summed E-state index contributed by atoms with van der Waals surface area (Å²) < 4.78 is 25.1. The third-order valence-electron chi connectivity index (χ3n) is 3.41. The second-order valence-corrected chi connectivity index (χ2v) is 7.59. The van der Waals surface area contributed by atoms with Crippen LogP contribution >= 0.6 is 0 Å². The maximum absolute atomic E-state index is 12.0. The summed E-state index contributed by atoms with van der Waals surface area (Å²) in [5.74, 6) is 0.738. The molecule has 0 aliphatic carbocycles. The minimum absolute atomic E-state index is 0.221. The third kappa shape index (κ3) is 5.28. The Labute approximate surface area is 128 Å². The lowest BCUT2D eigenvalue weighted by Gasteiger charge is -2.19. The molecule has 0 saturated carbocycles. The molecule has 1 unspecified atom stereocenters. The predicted octanol–water partition coefficient (Wildman–Crippen LogP) is 3.10. The molecule has 1 rings (SSSR count). The van der Waals surface area contributed by atoms with Gasteiger partial charge in [0.05, 0.1) is 0 Å². The Morgan fingerprint density at radius 2 is 1.90 bits per heavy atom. The van der Waals surface area contributed by atoms with E-state index in [1.54, 1.807) is 12.1 Å². The molecule has 0 spiro atoms. The SMILES string of the molecule is CCCCC(CCC)Nc1ccc(S(=O)(=O)N(C)C)cn1. The smallest absolute Gasteiger partial charge is 0.244 e. The van der Waals surface area contributed by atoms with Crippen molar-refractivity contribution in [3.05, 3.63) is 18.3 Å². The van der Waals surface area contributed by atoms with Gasteiger partial charge in [-0.1, -0.05) is 33.1 Å². The van der Waals surface area contributed by atoms with Crippen molar-refractivity contribution in [2.75, 3.05) is 19.4 Å². The summed E-state index contributed by atoms with van der Waals surface area (Å²) in [5.41, 5.74) is 0. The van der Waals surface area contributed by atoms with E-state index in [9.17, 15) is 8.42 Å². The van der Waals surface area contributed by atoms with E-state index in [2.05, 4.69) is 24.1 Å². The zero-order valence-corrected chi connectivity index (χ0v) is 14.3. The molecule has 1 heterocycles. The van der Waals surface area contributed by atoms with Crippen molar-refractivity contribution in [1.29, 1.82) is 0 Å². The average Bonchev–Trinajstić information content (AvgIpc) is 2.45. The number of nitrogens with one attached hydrogen (secondary N) is 1. The van der Waals surface area contributed by atoms with Gasteiger partial charge in [0.2, 0.25) is 10.0 Å². The van der Waals surface area contributed by atoms with Crippen LogP contribution < -0.4 is 5.32 Å². The number of pyridine rings is 1. The zero-order valence-electron chi connectivity index (χ0n) is 13.5. The molecule has 0 aliphatic heterocycles. The van der Waals surface area contributed by atoms with Crippen LogP contribution in [-0.4, -0.2) is 37.8 Å². The van der Waals surface area contributed by atoms with E-state index in [0.717, 1.165) is 25.1 Å². The van der Waals surface area contributed by atoms with Gasteiger partial charge < -0.3 is 5.32 Å². The highest BCUT2D eigenvalue weighted by Crippen LogP contribution is 2.17. The molecule has 21 heavy (non-hydrogen) atoms. The maximum Gasteiger partial charge on any atom is 0.244 e. The molecular formula is C15H27N3O2S. The van der Waals surface area contributed by atoms with Gasteiger partial charge in [0, 0.05) is 26.3 Å². The quantitative estimate of drug-likeness (QED) is 0.761. The van der Waals surface area contributed by atoms with Gasteiger partial charge in [-0.05, 0) is 25.0 Å². The van der Waals surface area contributed by atoms with E-state index in [1.165, 1.54) is 37.4 Å². The average molecular weight is 313 g/mol. The molecule has 0 aromatic carbocycles. The second-order valence-electron chi connectivity index (χ2n) is 5.44. The maximum atomic E-state index is 12.0. The predicted molar refractivity (Wildman–Crippen MR) is 87.0 cm³/mol. The largest absolute Gasteiger partial charge is 0.367 e. The molecular weight excluding hydrogens is 286 g/mol.